The molecule has 2 heterocycles. The fourth-order valence-corrected chi connectivity index (χ4v) is 2.72. The van der Waals surface area contributed by atoms with Crippen molar-refractivity contribution in [2.24, 2.45) is 0 Å². The number of hydrogen-bond donors (Lipinski definition) is 0. The van der Waals surface area contributed by atoms with Crippen molar-refractivity contribution in [1.82, 2.24) is 4.90 Å². The van der Waals surface area contributed by atoms with Crippen LogP contribution in [-0.4, -0.2) is 37.2 Å². The molecule has 0 saturated carbocycles. The van der Waals surface area contributed by atoms with Gasteiger partial charge in [0.25, 0.3) is 0 Å². The minimum atomic E-state index is 0.339. The van der Waals surface area contributed by atoms with Crippen LogP contribution in [0, 0.1) is 0 Å². The van der Waals surface area contributed by atoms with E-state index in [2.05, 4.69) is 11.5 Å². The highest BCUT2D eigenvalue weighted by Crippen LogP contribution is 2.40. The van der Waals surface area contributed by atoms with E-state index < -0.39 is 0 Å². The van der Waals surface area contributed by atoms with E-state index in [1.807, 2.05) is 13.8 Å². The van der Waals surface area contributed by atoms with Gasteiger partial charge in [-0.05, 0) is 25.8 Å². The summed E-state index contributed by atoms with van der Waals surface area (Å²) in [5.74, 6) is 0. The first-order chi connectivity index (χ1) is 6.77. The summed E-state index contributed by atoms with van der Waals surface area (Å²) in [5.41, 5.74) is 1.72. The molecule has 2 heteroatoms. The van der Waals surface area contributed by atoms with Crippen molar-refractivity contribution in [1.29, 1.82) is 0 Å². The number of rotatable bonds is 2. The summed E-state index contributed by atoms with van der Waals surface area (Å²) in [7, 11) is 1.80. The molecule has 2 rings (SSSR count). The van der Waals surface area contributed by atoms with Crippen LogP contribution in [0.2, 0.25) is 0 Å². The van der Waals surface area contributed by atoms with Crippen molar-refractivity contribution in [3.63, 3.8) is 0 Å². The Morgan fingerprint density at radius 1 is 1.50 bits per heavy atom. The largest absolute Gasteiger partial charge is 0.383 e. The van der Waals surface area contributed by atoms with E-state index >= 15 is 0 Å². The number of nitrogens with zero attached hydrogens (tertiary/aromatic N) is 1. The van der Waals surface area contributed by atoms with Crippen molar-refractivity contribution in [2.75, 3.05) is 26.8 Å². The van der Waals surface area contributed by atoms with Crippen LogP contribution in [0.15, 0.2) is 12.2 Å². The number of ether oxygens (including phenoxy) is 1. The summed E-state index contributed by atoms with van der Waals surface area (Å²) in [4.78, 5) is 2.54. The fourth-order valence-electron chi connectivity index (χ4n) is 2.72. The molecule has 0 N–H and O–H groups in total. The maximum Gasteiger partial charge on any atom is 0.0649 e. The maximum atomic E-state index is 5.30. The molecule has 2 nitrogen and oxygen atoms in total. The first kappa shape index (κ1) is 11.7. The highest BCUT2D eigenvalue weighted by molar-refractivity contribution is 5.17. The topological polar surface area (TPSA) is 12.5 Å². The number of fused-ring (bicyclic) bond motifs is 1. The molecule has 0 unspecified atom stereocenters. The van der Waals surface area contributed by atoms with Gasteiger partial charge in [0.1, 0.15) is 0 Å². The average molecular weight is 197 g/mol. The molecular weight excluding hydrogens is 174 g/mol. The van der Waals surface area contributed by atoms with Crippen LogP contribution < -0.4 is 0 Å². The minimum absolute atomic E-state index is 0.339. The summed E-state index contributed by atoms with van der Waals surface area (Å²) in [5, 5.41) is 0. The summed E-state index contributed by atoms with van der Waals surface area (Å²) in [6.45, 7) is 11.3. The van der Waals surface area contributed by atoms with Gasteiger partial charge in [-0.15, -0.1) is 0 Å². The van der Waals surface area contributed by atoms with E-state index in [4.69, 9.17) is 4.74 Å². The van der Waals surface area contributed by atoms with Gasteiger partial charge in [0.2, 0.25) is 0 Å². The first-order valence-electron chi connectivity index (χ1n) is 5.67. The van der Waals surface area contributed by atoms with Crippen molar-refractivity contribution in [3.05, 3.63) is 12.2 Å². The molecular formula is C12H23NO. The molecule has 0 radical (unpaired) electrons. The monoisotopic (exact) mass is 197 g/mol. The molecule has 0 aromatic carbocycles. The SMILES string of the molecule is C=C1CN2CCC[C@@]2(COC)C1.CC. The number of methoxy groups -OCH3 is 1. The molecule has 1 atom stereocenters. The lowest BCUT2D eigenvalue weighted by Gasteiger charge is -2.30. The molecule has 0 aromatic rings. The molecule has 82 valence electrons. The Labute approximate surface area is 87.9 Å². The molecule has 14 heavy (non-hydrogen) atoms. The zero-order valence-electron chi connectivity index (χ0n) is 9.81. The fraction of sp³-hybridized carbons (Fsp3) is 0.833. The quantitative estimate of drug-likeness (QED) is 0.630. The molecule has 2 fully saturated rings. The first-order valence-corrected chi connectivity index (χ1v) is 5.67. The molecule has 2 aliphatic rings. The molecule has 0 amide bonds. The maximum absolute atomic E-state index is 5.30. The average Bonchev–Trinajstić information content (AvgIpc) is 2.64. The third kappa shape index (κ3) is 2.01. The van der Waals surface area contributed by atoms with Crippen LogP contribution in [0.4, 0.5) is 0 Å². The van der Waals surface area contributed by atoms with Crippen molar-refractivity contribution in [3.8, 4) is 0 Å². The highest BCUT2D eigenvalue weighted by Gasteiger charge is 2.45. The van der Waals surface area contributed by atoms with Gasteiger partial charge in [0.15, 0.2) is 0 Å². The second kappa shape index (κ2) is 4.94. The van der Waals surface area contributed by atoms with E-state index in [0.29, 0.717) is 5.54 Å². The van der Waals surface area contributed by atoms with Crippen LogP contribution in [-0.2, 0) is 4.74 Å². The molecule has 0 spiro atoms. The summed E-state index contributed by atoms with van der Waals surface area (Å²) in [6, 6.07) is 0. The summed E-state index contributed by atoms with van der Waals surface area (Å²) in [6.07, 6.45) is 3.78. The molecule has 2 aliphatic heterocycles. The van der Waals surface area contributed by atoms with Gasteiger partial charge < -0.3 is 4.74 Å². The predicted octanol–water partition coefficient (Wildman–Crippen LogP) is 2.45. The lowest BCUT2D eigenvalue weighted by Crippen LogP contribution is -2.42. The highest BCUT2D eigenvalue weighted by atomic mass is 16.5. The Bertz CT molecular complexity index is 202. The Balaban J connectivity index is 0.000000461. The van der Waals surface area contributed by atoms with Crippen LogP contribution in [0.25, 0.3) is 0 Å². The van der Waals surface area contributed by atoms with Gasteiger partial charge in [0.05, 0.1) is 6.61 Å². The third-order valence-corrected chi connectivity index (χ3v) is 3.15. The lowest BCUT2D eigenvalue weighted by atomic mass is 9.94. The lowest BCUT2D eigenvalue weighted by molar-refractivity contribution is 0.0656. The van der Waals surface area contributed by atoms with E-state index in [9.17, 15) is 0 Å². The smallest absolute Gasteiger partial charge is 0.0649 e. The Morgan fingerprint density at radius 2 is 2.21 bits per heavy atom. The van der Waals surface area contributed by atoms with E-state index in [1.165, 1.54) is 25.0 Å². The Kier molecular flexibility index (Phi) is 4.14. The van der Waals surface area contributed by atoms with Gasteiger partial charge in [-0.1, -0.05) is 26.0 Å². The van der Waals surface area contributed by atoms with E-state index in [-0.39, 0.29) is 0 Å². The second-order valence-electron chi connectivity index (χ2n) is 4.11. The van der Waals surface area contributed by atoms with E-state index in [0.717, 1.165) is 19.6 Å². The van der Waals surface area contributed by atoms with Crippen LogP contribution >= 0.6 is 0 Å². The standard InChI is InChI=1S/C10H17NO.C2H6/c1-9-6-10(8-12-2)4-3-5-11(10)7-9;1-2/h1,3-8H2,2H3;1-2H3/t10-;/m0./s1. The van der Waals surface area contributed by atoms with Gasteiger partial charge in [-0.2, -0.15) is 0 Å². The number of hydrogen-bond acceptors (Lipinski definition) is 2. The van der Waals surface area contributed by atoms with Crippen molar-refractivity contribution < 1.29 is 4.74 Å². The molecule has 0 aromatic heterocycles. The second-order valence-corrected chi connectivity index (χ2v) is 4.11. The zero-order chi connectivity index (χ0) is 10.6. The molecule has 2 saturated heterocycles. The van der Waals surface area contributed by atoms with Crippen molar-refractivity contribution >= 4 is 0 Å². The van der Waals surface area contributed by atoms with Gasteiger partial charge in [-0.25, -0.2) is 0 Å². The van der Waals surface area contributed by atoms with Crippen LogP contribution in [0.3, 0.4) is 0 Å². The van der Waals surface area contributed by atoms with Crippen LogP contribution in [0.5, 0.6) is 0 Å². The van der Waals surface area contributed by atoms with Gasteiger partial charge in [0, 0.05) is 19.2 Å². The normalized spacial score (nSPS) is 31.2. The summed E-state index contributed by atoms with van der Waals surface area (Å²) < 4.78 is 5.30. The molecule has 0 aliphatic carbocycles. The third-order valence-electron chi connectivity index (χ3n) is 3.15. The van der Waals surface area contributed by atoms with Crippen LogP contribution in [0.1, 0.15) is 33.1 Å². The minimum Gasteiger partial charge on any atom is -0.383 e. The Hall–Kier alpha value is -0.340. The predicted molar refractivity (Wildman–Crippen MR) is 60.5 cm³/mol. The zero-order valence-corrected chi connectivity index (χ0v) is 9.81. The van der Waals surface area contributed by atoms with E-state index in [1.54, 1.807) is 7.11 Å². The Morgan fingerprint density at radius 3 is 2.86 bits per heavy atom. The molecule has 0 bridgehead atoms. The summed E-state index contributed by atoms with van der Waals surface area (Å²) >= 11 is 0. The van der Waals surface area contributed by atoms with Gasteiger partial charge in [-0.3, -0.25) is 4.90 Å². The van der Waals surface area contributed by atoms with Crippen molar-refractivity contribution in [2.45, 2.75) is 38.6 Å². The van der Waals surface area contributed by atoms with Gasteiger partial charge >= 0.3 is 0 Å².